The van der Waals surface area contributed by atoms with E-state index in [4.69, 9.17) is 14.2 Å². The van der Waals surface area contributed by atoms with E-state index in [0.29, 0.717) is 42.9 Å². The Hall–Kier alpha value is -1.95. The van der Waals surface area contributed by atoms with E-state index in [2.05, 4.69) is 10.6 Å². The van der Waals surface area contributed by atoms with Crippen LogP contribution in [0.25, 0.3) is 0 Å². The van der Waals surface area contributed by atoms with Crippen LogP contribution in [-0.4, -0.2) is 45.9 Å². The number of carbonyl (C=O) groups is 1. The molecule has 1 heterocycles. The maximum atomic E-state index is 11.8. The third-order valence-electron chi connectivity index (χ3n) is 3.83. The molecular formula is C17H26N2O4. The van der Waals surface area contributed by atoms with Crippen molar-refractivity contribution in [1.82, 2.24) is 10.6 Å². The van der Waals surface area contributed by atoms with Crippen LogP contribution in [0.4, 0.5) is 0 Å². The Bertz CT molecular complexity index is 479. The number of nitrogens with one attached hydrogen (secondary N) is 2. The summed E-state index contributed by atoms with van der Waals surface area (Å²) in [5.74, 6) is 2.18. The lowest BCUT2D eigenvalue weighted by atomic mass is 10.1. The summed E-state index contributed by atoms with van der Waals surface area (Å²) < 4.78 is 16.1. The summed E-state index contributed by atoms with van der Waals surface area (Å²) >= 11 is 0. The summed E-state index contributed by atoms with van der Waals surface area (Å²) in [5.41, 5.74) is 0. The molecule has 0 radical (unpaired) electrons. The molecular weight excluding hydrogens is 296 g/mol. The van der Waals surface area contributed by atoms with Crippen LogP contribution in [0.15, 0.2) is 18.2 Å². The topological polar surface area (TPSA) is 68.8 Å². The van der Waals surface area contributed by atoms with Gasteiger partial charge in [0.25, 0.3) is 0 Å². The molecule has 0 spiro atoms. The van der Waals surface area contributed by atoms with Crippen LogP contribution < -0.4 is 24.8 Å². The van der Waals surface area contributed by atoms with E-state index in [1.54, 1.807) is 20.3 Å². The van der Waals surface area contributed by atoms with Crippen LogP contribution in [0.3, 0.4) is 0 Å². The summed E-state index contributed by atoms with van der Waals surface area (Å²) in [7, 11) is 3.21. The average Bonchev–Trinajstić information content (AvgIpc) is 3.07. The second kappa shape index (κ2) is 9.25. The first-order chi connectivity index (χ1) is 11.2. The van der Waals surface area contributed by atoms with Crippen LogP contribution in [-0.2, 0) is 4.79 Å². The first kappa shape index (κ1) is 17.4. The largest absolute Gasteiger partial charge is 0.496 e. The molecule has 0 saturated carbocycles. The van der Waals surface area contributed by atoms with E-state index in [9.17, 15) is 4.79 Å². The Balaban J connectivity index is 1.64. The minimum Gasteiger partial charge on any atom is -0.496 e. The summed E-state index contributed by atoms with van der Waals surface area (Å²) in [4.78, 5) is 11.8. The highest BCUT2D eigenvalue weighted by atomic mass is 16.5. The molecule has 1 aliphatic heterocycles. The zero-order valence-corrected chi connectivity index (χ0v) is 13.9. The third-order valence-corrected chi connectivity index (χ3v) is 3.83. The van der Waals surface area contributed by atoms with Crippen molar-refractivity contribution in [3.8, 4) is 17.2 Å². The Kier molecular flexibility index (Phi) is 7.00. The van der Waals surface area contributed by atoms with E-state index in [1.165, 1.54) is 0 Å². The number of hydrogen-bond donors (Lipinski definition) is 2. The first-order valence-electron chi connectivity index (χ1n) is 8.07. The van der Waals surface area contributed by atoms with Crippen LogP contribution in [0.2, 0.25) is 0 Å². The standard InChI is InChI=1S/C17H26N2O4/c1-21-14-10-15(22-2)12-16(11-14)23-8-4-7-19-17(20)9-13-5-3-6-18-13/h10-13,18H,3-9H2,1-2H3,(H,19,20). The van der Waals surface area contributed by atoms with Gasteiger partial charge in [0.05, 0.1) is 20.8 Å². The van der Waals surface area contributed by atoms with Crippen LogP contribution >= 0.6 is 0 Å². The molecule has 0 aromatic heterocycles. The van der Waals surface area contributed by atoms with Crippen molar-refractivity contribution in [2.24, 2.45) is 0 Å². The zero-order chi connectivity index (χ0) is 16.5. The van der Waals surface area contributed by atoms with Crippen molar-refractivity contribution in [1.29, 1.82) is 0 Å². The summed E-state index contributed by atoms with van der Waals surface area (Å²) in [5, 5.41) is 6.26. The molecule has 0 bridgehead atoms. The molecule has 2 rings (SSSR count). The van der Waals surface area contributed by atoms with E-state index in [-0.39, 0.29) is 5.91 Å². The van der Waals surface area contributed by atoms with E-state index < -0.39 is 0 Å². The van der Waals surface area contributed by atoms with Gasteiger partial charge in [-0.05, 0) is 25.8 Å². The third kappa shape index (κ3) is 5.98. The maximum absolute atomic E-state index is 11.8. The van der Waals surface area contributed by atoms with Gasteiger partial charge in [0.15, 0.2) is 0 Å². The number of benzene rings is 1. The van der Waals surface area contributed by atoms with Crippen molar-refractivity contribution in [2.75, 3.05) is 33.9 Å². The number of ether oxygens (including phenoxy) is 3. The van der Waals surface area contributed by atoms with Gasteiger partial charge in [-0.25, -0.2) is 0 Å². The van der Waals surface area contributed by atoms with Crippen LogP contribution in [0.5, 0.6) is 17.2 Å². The van der Waals surface area contributed by atoms with Gasteiger partial charge in [0.2, 0.25) is 5.91 Å². The predicted octanol–water partition coefficient (Wildman–Crippen LogP) is 1.73. The molecule has 2 N–H and O–H groups in total. The van der Waals surface area contributed by atoms with Crippen molar-refractivity contribution in [3.63, 3.8) is 0 Å². The quantitative estimate of drug-likeness (QED) is 0.678. The molecule has 1 aromatic rings. The van der Waals surface area contributed by atoms with Crippen molar-refractivity contribution in [2.45, 2.75) is 31.7 Å². The van der Waals surface area contributed by atoms with Gasteiger partial charge in [-0.3, -0.25) is 4.79 Å². The second-order valence-corrected chi connectivity index (χ2v) is 5.60. The summed E-state index contributed by atoms with van der Waals surface area (Å²) in [6, 6.07) is 5.76. The van der Waals surface area contributed by atoms with Gasteiger partial charge in [-0.1, -0.05) is 0 Å². The van der Waals surface area contributed by atoms with Gasteiger partial charge < -0.3 is 24.8 Å². The second-order valence-electron chi connectivity index (χ2n) is 5.60. The fraction of sp³-hybridized carbons (Fsp3) is 0.588. The van der Waals surface area contributed by atoms with Crippen molar-refractivity contribution >= 4 is 5.91 Å². The lowest BCUT2D eigenvalue weighted by Crippen LogP contribution is -2.32. The molecule has 23 heavy (non-hydrogen) atoms. The number of amides is 1. The molecule has 0 aliphatic carbocycles. The van der Waals surface area contributed by atoms with Crippen molar-refractivity contribution in [3.05, 3.63) is 18.2 Å². The van der Waals surface area contributed by atoms with Gasteiger partial charge in [0.1, 0.15) is 17.2 Å². The monoisotopic (exact) mass is 322 g/mol. The molecule has 1 aromatic carbocycles. The fourth-order valence-electron chi connectivity index (χ4n) is 2.58. The predicted molar refractivity (Wildman–Crippen MR) is 88.3 cm³/mol. The normalized spacial score (nSPS) is 16.9. The Morgan fingerprint density at radius 1 is 1.22 bits per heavy atom. The van der Waals surface area contributed by atoms with Crippen LogP contribution in [0, 0.1) is 0 Å². The van der Waals surface area contributed by atoms with Gasteiger partial charge >= 0.3 is 0 Å². The molecule has 1 saturated heterocycles. The Morgan fingerprint density at radius 2 is 1.91 bits per heavy atom. The number of rotatable bonds is 9. The molecule has 1 unspecified atom stereocenters. The highest BCUT2D eigenvalue weighted by Gasteiger charge is 2.17. The molecule has 128 valence electrons. The molecule has 1 aliphatic rings. The van der Waals surface area contributed by atoms with E-state index in [0.717, 1.165) is 25.8 Å². The minimum atomic E-state index is 0.104. The number of hydrogen-bond acceptors (Lipinski definition) is 5. The lowest BCUT2D eigenvalue weighted by Gasteiger charge is -2.12. The Morgan fingerprint density at radius 3 is 2.52 bits per heavy atom. The van der Waals surface area contributed by atoms with Gasteiger partial charge in [-0.15, -0.1) is 0 Å². The maximum Gasteiger partial charge on any atom is 0.221 e. The molecule has 6 heteroatoms. The highest BCUT2D eigenvalue weighted by molar-refractivity contribution is 5.76. The molecule has 1 atom stereocenters. The van der Waals surface area contributed by atoms with Gasteiger partial charge in [0, 0.05) is 37.2 Å². The average molecular weight is 322 g/mol. The van der Waals surface area contributed by atoms with Gasteiger partial charge in [-0.2, -0.15) is 0 Å². The number of methoxy groups -OCH3 is 2. The SMILES string of the molecule is COc1cc(OC)cc(OCCCNC(=O)CC2CCCN2)c1. The summed E-state index contributed by atoms with van der Waals surface area (Å²) in [6.45, 7) is 2.17. The zero-order valence-electron chi connectivity index (χ0n) is 13.9. The van der Waals surface area contributed by atoms with E-state index in [1.807, 2.05) is 12.1 Å². The van der Waals surface area contributed by atoms with E-state index >= 15 is 0 Å². The smallest absolute Gasteiger partial charge is 0.221 e. The molecule has 1 fully saturated rings. The van der Waals surface area contributed by atoms with Crippen molar-refractivity contribution < 1.29 is 19.0 Å². The summed E-state index contributed by atoms with van der Waals surface area (Å²) in [6.07, 6.45) is 3.57. The van der Waals surface area contributed by atoms with Crippen LogP contribution in [0.1, 0.15) is 25.7 Å². The lowest BCUT2D eigenvalue weighted by molar-refractivity contribution is -0.121. The minimum absolute atomic E-state index is 0.104. The molecule has 6 nitrogen and oxygen atoms in total. The highest BCUT2D eigenvalue weighted by Crippen LogP contribution is 2.27. The number of carbonyl (C=O) groups excluding carboxylic acids is 1. The first-order valence-corrected chi connectivity index (χ1v) is 8.07. The Labute approximate surface area is 137 Å². The fourth-order valence-corrected chi connectivity index (χ4v) is 2.58. The molecule has 1 amide bonds.